The second-order valence-corrected chi connectivity index (χ2v) is 16.0. The van der Waals surface area contributed by atoms with E-state index >= 15 is 0 Å². The van der Waals surface area contributed by atoms with Gasteiger partial charge in [0.15, 0.2) is 0 Å². The van der Waals surface area contributed by atoms with Crippen LogP contribution < -0.4 is 21.3 Å². The Bertz CT molecular complexity index is 1920. The number of carbonyl (C=O) groups excluding carboxylic acids is 3. The number of ether oxygens (including phenoxy) is 3. The molecule has 3 fully saturated rings. The molecule has 3 amide bonds. The Kier molecular flexibility index (Phi) is 12.4. The van der Waals surface area contributed by atoms with E-state index in [4.69, 9.17) is 14.2 Å². The van der Waals surface area contributed by atoms with Gasteiger partial charge in [0.2, 0.25) is 17.6 Å². The lowest BCUT2D eigenvalue weighted by Crippen LogP contribution is -2.44. The minimum absolute atomic E-state index is 0.0191. The van der Waals surface area contributed by atoms with Crippen LogP contribution >= 0.6 is 0 Å². The molecule has 1 aliphatic carbocycles. The van der Waals surface area contributed by atoms with Crippen molar-refractivity contribution in [3.63, 3.8) is 0 Å². The fourth-order valence-electron chi connectivity index (χ4n) is 7.62. The van der Waals surface area contributed by atoms with Gasteiger partial charge in [-0.15, -0.1) is 10.2 Å². The maximum Gasteiger partial charge on any atom is 0.407 e. The number of nitrogens with one attached hydrogen (secondary N) is 5. The lowest BCUT2D eigenvalue weighted by molar-refractivity contribution is -0.122. The lowest BCUT2D eigenvalue weighted by atomic mass is 9.80. The van der Waals surface area contributed by atoms with Gasteiger partial charge >= 0.3 is 6.09 Å². The molecule has 1 saturated carbocycles. The second kappa shape index (κ2) is 17.7. The highest BCUT2D eigenvalue weighted by Gasteiger charge is 2.47. The van der Waals surface area contributed by atoms with Gasteiger partial charge in [0, 0.05) is 48.2 Å². The molecule has 0 spiro atoms. The number of alkyl carbamates (subject to hydrolysis) is 1. The number of carbonyl (C=O) groups is 3. The number of aromatic amines is 1. The van der Waals surface area contributed by atoms with E-state index in [0.29, 0.717) is 49.5 Å². The number of epoxide rings is 1. The summed E-state index contributed by atoms with van der Waals surface area (Å²) in [5.41, 5.74) is 4.55. The summed E-state index contributed by atoms with van der Waals surface area (Å²) in [6.07, 6.45) is 5.25. The molecule has 3 aromatic carbocycles. The summed E-state index contributed by atoms with van der Waals surface area (Å²) in [6, 6.07) is 22.7. The monoisotopic (exact) mass is 764 g/mol. The Morgan fingerprint density at radius 3 is 2.29 bits per heavy atom. The lowest BCUT2D eigenvalue weighted by Gasteiger charge is -2.28. The van der Waals surface area contributed by atoms with E-state index in [2.05, 4.69) is 41.9 Å². The Labute approximate surface area is 327 Å². The predicted octanol–water partition coefficient (Wildman–Crippen LogP) is 6.09. The van der Waals surface area contributed by atoms with Crippen molar-refractivity contribution in [3.05, 3.63) is 78.4 Å². The third-order valence-corrected chi connectivity index (χ3v) is 10.7. The quantitative estimate of drug-likeness (QED) is 0.0998. The number of benzene rings is 3. The summed E-state index contributed by atoms with van der Waals surface area (Å²) in [5.74, 6) is 1.03. The largest absolute Gasteiger partial charge is 0.444 e. The van der Waals surface area contributed by atoms with E-state index in [-0.39, 0.29) is 36.2 Å². The fraction of sp³-hybridized carbons (Fsp3) is 0.476. The average Bonchev–Trinajstić information content (AvgIpc) is 3.74. The molecule has 0 radical (unpaired) electrons. The molecule has 5 N–H and O–H groups in total. The smallest absolute Gasteiger partial charge is 0.407 e. The summed E-state index contributed by atoms with van der Waals surface area (Å²) in [7, 11) is 0. The minimum Gasteiger partial charge on any atom is -0.444 e. The molecule has 14 heteroatoms. The number of nitrogens with zero attached hydrogens (tertiary/aromatic N) is 3. The Morgan fingerprint density at radius 2 is 1.59 bits per heavy atom. The van der Waals surface area contributed by atoms with Gasteiger partial charge in [0.1, 0.15) is 17.9 Å². The Morgan fingerprint density at radius 1 is 0.875 bits per heavy atom. The van der Waals surface area contributed by atoms with Crippen LogP contribution in [0.5, 0.6) is 0 Å². The number of hydrogen-bond acceptors (Lipinski definition) is 10. The molecule has 0 bridgehead atoms. The molecule has 56 heavy (non-hydrogen) atoms. The van der Waals surface area contributed by atoms with Crippen LogP contribution in [-0.2, 0) is 30.2 Å². The molecular weight excluding hydrogens is 713 g/mol. The first-order chi connectivity index (χ1) is 27.1. The molecule has 7 rings (SSSR count). The van der Waals surface area contributed by atoms with Gasteiger partial charge in [-0.25, -0.2) is 4.79 Å². The summed E-state index contributed by atoms with van der Waals surface area (Å²) in [6.45, 7) is 7.39. The van der Waals surface area contributed by atoms with Crippen LogP contribution in [-0.4, -0.2) is 82.3 Å². The maximum absolute atomic E-state index is 13.9. The van der Waals surface area contributed by atoms with E-state index in [0.717, 1.165) is 66.5 Å². The molecule has 3 atom stereocenters. The van der Waals surface area contributed by atoms with Crippen molar-refractivity contribution >= 4 is 29.3 Å². The van der Waals surface area contributed by atoms with Crippen LogP contribution in [0, 0.1) is 17.8 Å². The third-order valence-electron chi connectivity index (χ3n) is 10.7. The van der Waals surface area contributed by atoms with Crippen molar-refractivity contribution in [1.82, 2.24) is 31.3 Å². The molecule has 4 aromatic rings. The molecule has 3 unspecified atom stereocenters. The van der Waals surface area contributed by atoms with Crippen LogP contribution in [0.1, 0.15) is 64.9 Å². The first-order valence-corrected chi connectivity index (χ1v) is 19.7. The highest BCUT2D eigenvalue weighted by molar-refractivity contribution is 5.97. The van der Waals surface area contributed by atoms with E-state index in [9.17, 15) is 14.4 Å². The topological polar surface area (TPSA) is 185 Å². The number of H-pyrrole nitrogens is 1. The Hall–Kier alpha value is -5.18. The number of amides is 3. The highest BCUT2D eigenvalue weighted by atomic mass is 16.6. The van der Waals surface area contributed by atoms with Crippen molar-refractivity contribution in [2.24, 2.45) is 17.8 Å². The van der Waals surface area contributed by atoms with Gasteiger partial charge in [0.25, 0.3) is 0 Å². The molecule has 3 aliphatic rings. The zero-order chi connectivity index (χ0) is 39.1. The van der Waals surface area contributed by atoms with Gasteiger partial charge in [-0.3, -0.25) is 14.9 Å². The fourth-order valence-corrected chi connectivity index (χ4v) is 7.62. The molecule has 2 saturated heterocycles. The number of hydrogen-bond donors (Lipinski definition) is 5. The number of para-hydroxylation sites is 1. The van der Waals surface area contributed by atoms with Crippen LogP contribution in [0.25, 0.3) is 22.5 Å². The molecule has 14 nitrogen and oxygen atoms in total. The zero-order valence-corrected chi connectivity index (χ0v) is 32.3. The first kappa shape index (κ1) is 39.1. The number of aromatic nitrogens is 4. The molecule has 1 aromatic heterocycles. The van der Waals surface area contributed by atoms with E-state index < -0.39 is 11.6 Å². The van der Waals surface area contributed by atoms with Crippen LogP contribution in [0.3, 0.4) is 0 Å². The summed E-state index contributed by atoms with van der Waals surface area (Å²) >= 11 is 0. The highest BCUT2D eigenvalue weighted by Crippen LogP contribution is 2.39. The van der Waals surface area contributed by atoms with Gasteiger partial charge in [-0.05, 0) is 124 Å². The Balaban J connectivity index is 0.989. The van der Waals surface area contributed by atoms with Crippen LogP contribution in [0.2, 0.25) is 0 Å². The number of anilines is 2. The molecule has 3 heterocycles. The van der Waals surface area contributed by atoms with Crippen molar-refractivity contribution in [1.29, 1.82) is 0 Å². The summed E-state index contributed by atoms with van der Waals surface area (Å²) in [4.78, 5) is 39.2. The van der Waals surface area contributed by atoms with E-state index in [1.54, 1.807) is 0 Å². The van der Waals surface area contributed by atoms with Gasteiger partial charge in [-0.1, -0.05) is 42.5 Å². The SMILES string of the molecule is CC(C)(C)OC(=O)NCC1CCC(C2OC2NC(Cc2ccc(-c3ccccc3NC(=O)C3CCOCC3)cc2)C(=O)Nc2ccc(-c3nn[nH]n3)cc2)CC1. The van der Waals surface area contributed by atoms with E-state index in [1.807, 2.05) is 93.6 Å². The van der Waals surface area contributed by atoms with Gasteiger partial charge < -0.3 is 30.2 Å². The van der Waals surface area contributed by atoms with Crippen LogP contribution in [0.15, 0.2) is 72.8 Å². The normalized spacial score (nSPS) is 21.8. The van der Waals surface area contributed by atoms with Crippen molar-refractivity contribution in [3.8, 4) is 22.5 Å². The standard InChI is InChI=1S/C42H52N8O6/c1-42(2,3)56-41(53)43-25-27-10-14-29(15-11-27)36-40(55-36)46-35(39(52)44-32-18-16-30(17-19-32)37-47-49-50-48-37)24-26-8-12-28(13-9-26)33-6-4-5-7-34(33)45-38(51)31-20-22-54-23-21-31/h4-9,12-13,16-19,27,29,31,35-36,40,46H,10-11,14-15,20-25H2,1-3H3,(H,43,53)(H,44,52)(H,45,51)(H,47,48,49,50). The van der Waals surface area contributed by atoms with Gasteiger partial charge in [0.05, 0.1) is 6.04 Å². The summed E-state index contributed by atoms with van der Waals surface area (Å²) in [5, 5.41) is 26.8. The summed E-state index contributed by atoms with van der Waals surface area (Å²) < 4.78 is 17.0. The average molecular weight is 765 g/mol. The second-order valence-electron chi connectivity index (χ2n) is 16.0. The van der Waals surface area contributed by atoms with Crippen molar-refractivity contribution in [2.75, 3.05) is 30.4 Å². The minimum atomic E-state index is -0.576. The van der Waals surface area contributed by atoms with E-state index in [1.165, 1.54) is 0 Å². The van der Waals surface area contributed by atoms with Crippen LogP contribution in [0.4, 0.5) is 16.2 Å². The molecular formula is C42H52N8O6. The number of tetrazole rings is 1. The third kappa shape index (κ3) is 10.6. The van der Waals surface area contributed by atoms with Crippen molar-refractivity contribution in [2.45, 2.75) is 89.7 Å². The predicted molar refractivity (Wildman–Crippen MR) is 211 cm³/mol. The van der Waals surface area contributed by atoms with Gasteiger partial charge in [-0.2, -0.15) is 5.21 Å². The zero-order valence-electron chi connectivity index (χ0n) is 32.3. The molecule has 296 valence electrons. The number of rotatable bonds is 13. The van der Waals surface area contributed by atoms with Crippen molar-refractivity contribution < 1.29 is 28.6 Å². The molecule has 2 aliphatic heterocycles. The maximum atomic E-state index is 13.9. The first-order valence-electron chi connectivity index (χ1n) is 19.7.